The maximum Gasteiger partial charge on any atom is 0.322 e. The predicted octanol–water partition coefficient (Wildman–Crippen LogP) is -0.628. The molecule has 2 atom stereocenters. The van der Waals surface area contributed by atoms with Crippen LogP contribution in [0.1, 0.15) is 15.9 Å². The van der Waals surface area contributed by atoms with Crippen molar-refractivity contribution < 1.29 is 19.8 Å². The zero-order valence-corrected chi connectivity index (χ0v) is 8.97. The summed E-state index contributed by atoms with van der Waals surface area (Å²) in [6.07, 6.45) is 0. The third-order valence-corrected chi connectivity index (χ3v) is 3.46. The Labute approximate surface area is 96.5 Å². The summed E-state index contributed by atoms with van der Waals surface area (Å²) >= 11 is 0. The molecule has 0 aromatic heterocycles. The maximum atomic E-state index is 12.1. The Morgan fingerprint density at radius 2 is 1.88 bits per heavy atom. The van der Waals surface area contributed by atoms with Crippen molar-refractivity contribution in [3.05, 3.63) is 35.4 Å². The molecule has 2 amide bonds. The quantitative estimate of drug-likeness (QED) is 0.557. The molecule has 1 heterocycles. The van der Waals surface area contributed by atoms with Gasteiger partial charge in [0.15, 0.2) is 0 Å². The molecule has 1 aliphatic carbocycles. The summed E-state index contributed by atoms with van der Waals surface area (Å²) in [6, 6.07) is 5.57. The van der Waals surface area contributed by atoms with E-state index in [4.69, 9.17) is 0 Å². The monoisotopic (exact) mass is 234 g/mol. The summed E-state index contributed by atoms with van der Waals surface area (Å²) in [5.74, 6) is -0.684. The van der Waals surface area contributed by atoms with Crippen molar-refractivity contribution in [2.75, 3.05) is 7.05 Å². The first kappa shape index (κ1) is 10.2. The van der Waals surface area contributed by atoms with E-state index in [0.717, 1.165) is 4.90 Å². The van der Waals surface area contributed by atoms with Gasteiger partial charge in [0.2, 0.25) is 11.5 Å². The molecule has 1 aromatic rings. The minimum atomic E-state index is -2.27. The largest absolute Gasteiger partial charge is 0.363 e. The lowest BCUT2D eigenvalue weighted by Gasteiger charge is -2.31. The second-order valence-corrected chi connectivity index (χ2v) is 4.25. The molecule has 0 radical (unpaired) electrons. The van der Waals surface area contributed by atoms with Crippen LogP contribution in [0.4, 0.5) is 4.79 Å². The van der Waals surface area contributed by atoms with Crippen molar-refractivity contribution in [2.45, 2.75) is 11.4 Å². The van der Waals surface area contributed by atoms with Crippen LogP contribution in [-0.2, 0) is 5.72 Å². The number of carbonyl (C=O) groups excluding carboxylic acids is 2. The second-order valence-electron chi connectivity index (χ2n) is 4.25. The SMILES string of the molecule is CN1C(=O)N[C@@]2(O)c3ccccc3C(=O)[C@@]12O. The van der Waals surface area contributed by atoms with Crippen molar-refractivity contribution in [1.29, 1.82) is 0 Å². The second kappa shape index (κ2) is 2.66. The molecule has 0 spiro atoms. The van der Waals surface area contributed by atoms with Crippen LogP contribution in [0.3, 0.4) is 0 Å². The Kier molecular flexibility index (Phi) is 1.60. The lowest BCUT2D eigenvalue weighted by Crippen LogP contribution is -2.58. The Morgan fingerprint density at radius 1 is 1.24 bits per heavy atom. The Bertz CT molecular complexity index is 558. The van der Waals surface area contributed by atoms with Gasteiger partial charge in [0, 0.05) is 18.2 Å². The van der Waals surface area contributed by atoms with E-state index in [1.165, 1.54) is 19.2 Å². The zero-order chi connectivity index (χ0) is 12.4. The van der Waals surface area contributed by atoms with Gasteiger partial charge < -0.3 is 15.5 Å². The van der Waals surface area contributed by atoms with E-state index in [-0.39, 0.29) is 11.1 Å². The van der Waals surface area contributed by atoms with E-state index in [0.29, 0.717) is 0 Å². The van der Waals surface area contributed by atoms with Gasteiger partial charge in [-0.2, -0.15) is 0 Å². The van der Waals surface area contributed by atoms with Crippen LogP contribution in [0.15, 0.2) is 24.3 Å². The van der Waals surface area contributed by atoms with Crippen LogP contribution < -0.4 is 5.32 Å². The van der Waals surface area contributed by atoms with Gasteiger partial charge in [-0.05, 0) is 0 Å². The maximum absolute atomic E-state index is 12.1. The van der Waals surface area contributed by atoms with E-state index in [2.05, 4.69) is 5.32 Å². The number of ketones is 1. The summed E-state index contributed by atoms with van der Waals surface area (Å²) in [5.41, 5.74) is -3.92. The van der Waals surface area contributed by atoms with Crippen molar-refractivity contribution in [3.63, 3.8) is 0 Å². The number of nitrogens with one attached hydrogen (secondary N) is 1. The number of urea groups is 1. The minimum absolute atomic E-state index is 0.212. The summed E-state index contributed by atoms with van der Waals surface area (Å²) in [4.78, 5) is 24.4. The van der Waals surface area contributed by atoms with Gasteiger partial charge in [0.1, 0.15) is 0 Å². The van der Waals surface area contributed by atoms with Gasteiger partial charge in [-0.15, -0.1) is 0 Å². The normalized spacial score (nSPS) is 34.6. The average Bonchev–Trinajstić information content (AvgIpc) is 2.60. The summed E-state index contributed by atoms with van der Waals surface area (Å²) in [5, 5.41) is 23.0. The van der Waals surface area contributed by atoms with Crippen LogP contribution in [0, 0.1) is 0 Å². The lowest BCUT2D eigenvalue weighted by molar-refractivity contribution is -0.158. The van der Waals surface area contributed by atoms with Crippen molar-refractivity contribution in [2.24, 2.45) is 0 Å². The number of fused-ring (bicyclic) bond motifs is 3. The Balaban J connectivity index is 2.33. The molecule has 88 valence electrons. The molecular weight excluding hydrogens is 224 g/mol. The molecule has 6 nitrogen and oxygen atoms in total. The minimum Gasteiger partial charge on any atom is -0.363 e. The molecule has 1 fully saturated rings. The molecule has 3 N–H and O–H groups in total. The number of nitrogens with zero attached hydrogens (tertiary/aromatic N) is 1. The highest BCUT2D eigenvalue weighted by atomic mass is 16.4. The number of Topliss-reactive ketones (excluding diaryl/α,β-unsaturated/α-hetero) is 1. The highest BCUT2D eigenvalue weighted by Gasteiger charge is 2.71. The highest BCUT2D eigenvalue weighted by Crippen LogP contribution is 2.47. The fourth-order valence-electron chi connectivity index (χ4n) is 2.47. The highest BCUT2D eigenvalue weighted by molar-refractivity contribution is 6.11. The van der Waals surface area contributed by atoms with Crippen LogP contribution in [0.2, 0.25) is 0 Å². The van der Waals surface area contributed by atoms with Crippen LogP contribution in [0.5, 0.6) is 0 Å². The first-order chi connectivity index (χ1) is 7.93. The molecule has 1 aromatic carbocycles. The summed E-state index contributed by atoms with van der Waals surface area (Å²) in [7, 11) is 1.26. The fraction of sp³-hybridized carbons (Fsp3) is 0.273. The lowest BCUT2D eigenvalue weighted by atomic mass is 10.0. The molecule has 3 rings (SSSR count). The van der Waals surface area contributed by atoms with E-state index in [1.54, 1.807) is 12.1 Å². The zero-order valence-electron chi connectivity index (χ0n) is 8.97. The smallest absolute Gasteiger partial charge is 0.322 e. The molecule has 1 aliphatic heterocycles. The molecular formula is C11H10N2O4. The van der Waals surface area contributed by atoms with E-state index in [1.807, 2.05) is 0 Å². The Morgan fingerprint density at radius 3 is 2.59 bits per heavy atom. The predicted molar refractivity (Wildman–Crippen MR) is 55.9 cm³/mol. The van der Waals surface area contributed by atoms with Gasteiger partial charge in [-0.25, -0.2) is 4.79 Å². The number of likely N-dealkylation sites (N-methyl/N-ethyl adjacent to an activating group) is 1. The summed E-state index contributed by atoms with van der Waals surface area (Å²) < 4.78 is 0. The molecule has 17 heavy (non-hydrogen) atoms. The van der Waals surface area contributed by atoms with Crippen LogP contribution in [-0.4, -0.2) is 39.7 Å². The number of carbonyl (C=O) groups is 2. The number of hydrogen-bond donors (Lipinski definition) is 3. The number of benzene rings is 1. The number of aliphatic hydroxyl groups is 2. The van der Waals surface area contributed by atoms with Crippen molar-refractivity contribution in [3.8, 4) is 0 Å². The standard InChI is InChI=1S/C11H10N2O4/c1-13-9(15)12-10(16)7-5-3-2-4-6(7)8(14)11(10,13)17/h2-5,16-17H,1H3,(H,12,15)/t10-,11+/m1/s1. The summed E-state index contributed by atoms with van der Waals surface area (Å²) in [6.45, 7) is 0. The molecule has 0 unspecified atom stereocenters. The first-order valence-electron chi connectivity index (χ1n) is 5.08. The third kappa shape index (κ3) is 0.853. The first-order valence-corrected chi connectivity index (χ1v) is 5.08. The van der Waals surface area contributed by atoms with Crippen molar-refractivity contribution >= 4 is 11.8 Å². The third-order valence-electron chi connectivity index (χ3n) is 3.46. The van der Waals surface area contributed by atoms with Gasteiger partial charge >= 0.3 is 6.03 Å². The number of amides is 2. The molecule has 0 bridgehead atoms. The van der Waals surface area contributed by atoms with E-state index >= 15 is 0 Å². The van der Waals surface area contributed by atoms with Crippen LogP contribution in [0.25, 0.3) is 0 Å². The van der Waals surface area contributed by atoms with Gasteiger partial charge in [0.25, 0.3) is 5.72 Å². The molecule has 0 saturated carbocycles. The number of rotatable bonds is 0. The van der Waals surface area contributed by atoms with Crippen molar-refractivity contribution in [1.82, 2.24) is 10.2 Å². The van der Waals surface area contributed by atoms with Gasteiger partial charge in [-0.1, -0.05) is 24.3 Å². The van der Waals surface area contributed by atoms with Crippen LogP contribution >= 0.6 is 0 Å². The topological polar surface area (TPSA) is 89.9 Å². The average molecular weight is 234 g/mol. The van der Waals surface area contributed by atoms with Gasteiger partial charge in [0.05, 0.1) is 0 Å². The molecule has 1 saturated heterocycles. The van der Waals surface area contributed by atoms with E-state index < -0.39 is 23.3 Å². The number of hydrogen-bond acceptors (Lipinski definition) is 4. The molecule has 6 heteroatoms. The Hall–Kier alpha value is -1.92. The van der Waals surface area contributed by atoms with E-state index in [9.17, 15) is 19.8 Å². The fourth-order valence-corrected chi connectivity index (χ4v) is 2.47. The van der Waals surface area contributed by atoms with Gasteiger partial charge in [-0.3, -0.25) is 9.69 Å². The molecule has 2 aliphatic rings.